The second kappa shape index (κ2) is 6.24. The number of fused-ring (bicyclic) bond motifs is 1. The molecule has 0 saturated heterocycles. The molecule has 0 radical (unpaired) electrons. The SMILES string of the molecule is CNCC(C)CNC(=O)c1cccc2nccnc12. The van der Waals surface area contributed by atoms with Gasteiger partial charge in [0.25, 0.3) is 5.91 Å². The summed E-state index contributed by atoms with van der Waals surface area (Å²) < 4.78 is 0. The molecular weight excluding hydrogens is 240 g/mol. The third-order valence-corrected chi connectivity index (χ3v) is 2.91. The van der Waals surface area contributed by atoms with Crippen molar-refractivity contribution in [1.82, 2.24) is 20.6 Å². The van der Waals surface area contributed by atoms with Crippen LogP contribution in [0.4, 0.5) is 0 Å². The first-order chi connectivity index (χ1) is 9.22. The fourth-order valence-corrected chi connectivity index (χ4v) is 1.96. The average molecular weight is 258 g/mol. The molecule has 5 heteroatoms. The van der Waals surface area contributed by atoms with Crippen LogP contribution in [0.25, 0.3) is 11.0 Å². The monoisotopic (exact) mass is 258 g/mol. The van der Waals surface area contributed by atoms with Crippen molar-refractivity contribution < 1.29 is 4.79 Å². The van der Waals surface area contributed by atoms with Crippen molar-refractivity contribution in [3.05, 3.63) is 36.2 Å². The van der Waals surface area contributed by atoms with Gasteiger partial charge in [-0.25, -0.2) is 0 Å². The summed E-state index contributed by atoms with van der Waals surface area (Å²) in [5.41, 5.74) is 1.95. The molecule has 1 amide bonds. The quantitative estimate of drug-likeness (QED) is 0.846. The highest BCUT2D eigenvalue weighted by molar-refractivity contribution is 6.04. The highest BCUT2D eigenvalue weighted by Gasteiger charge is 2.11. The Bertz CT molecular complexity index is 565. The van der Waals surface area contributed by atoms with E-state index < -0.39 is 0 Å². The Balaban J connectivity index is 2.13. The molecule has 100 valence electrons. The lowest BCUT2D eigenvalue weighted by Crippen LogP contribution is -2.32. The van der Waals surface area contributed by atoms with Gasteiger partial charge in [-0.2, -0.15) is 0 Å². The van der Waals surface area contributed by atoms with Crippen LogP contribution in [-0.4, -0.2) is 36.0 Å². The van der Waals surface area contributed by atoms with Gasteiger partial charge in [-0.05, 0) is 31.6 Å². The highest BCUT2D eigenvalue weighted by atomic mass is 16.1. The maximum Gasteiger partial charge on any atom is 0.253 e. The molecular formula is C14H18N4O. The molecule has 0 spiro atoms. The number of para-hydroxylation sites is 1. The van der Waals surface area contributed by atoms with E-state index in [1.165, 1.54) is 0 Å². The van der Waals surface area contributed by atoms with Gasteiger partial charge in [0.1, 0.15) is 5.52 Å². The van der Waals surface area contributed by atoms with E-state index in [1.807, 2.05) is 19.2 Å². The van der Waals surface area contributed by atoms with Gasteiger partial charge >= 0.3 is 0 Å². The number of amides is 1. The van der Waals surface area contributed by atoms with Gasteiger partial charge in [-0.15, -0.1) is 0 Å². The van der Waals surface area contributed by atoms with Gasteiger partial charge in [0, 0.05) is 18.9 Å². The van der Waals surface area contributed by atoms with Crippen LogP contribution in [0.5, 0.6) is 0 Å². The van der Waals surface area contributed by atoms with Crippen LogP contribution in [-0.2, 0) is 0 Å². The molecule has 0 bridgehead atoms. The van der Waals surface area contributed by atoms with Gasteiger partial charge < -0.3 is 10.6 Å². The van der Waals surface area contributed by atoms with E-state index in [4.69, 9.17) is 0 Å². The molecule has 19 heavy (non-hydrogen) atoms. The van der Waals surface area contributed by atoms with Crippen LogP contribution in [0.1, 0.15) is 17.3 Å². The second-order valence-electron chi connectivity index (χ2n) is 4.60. The fraction of sp³-hybridized carbons (Fsp3) is 0.357. The first-order valence-electron chi connectivity index (χ1n) is 6.35. The number of aromatic nitrogens is 2. The van der Waals surface area contributed by atoms with Crippen molar-refractivity contribution in [3.63, 3.8) is 0 Å². The molecule has 1 unspecified atom stereocenters. The number of nitrogens with one attached hydrogen (secondary N) is 2. The average Bonchev–Trinajstić information content (AvgIpc) is 2.44. The molecule has 2 rings (SSSR count). The fourth-order valence-electron chi connectivity index (χ4n) is 1.96. The molecule has 5 nitrogen and oxygen atoms in total. The number of hydrogen-bond donors (Lipinski definition) is 2. The first-order valence-corrected chi connectivity index (χ1v) is 6.35. The number of carbonyl (C=O) groups excluding carboxylic acids is 1. The molecule has 2 aromatic rings. The van der Waals surface area contributed by atoms with E-state index in [0.29, 0.717) is 23.5 Å². The topological polar surface area (TPSA) is 66.9 Å². The van der Waals surface area contributed by atoms with Crippen LogP contribution in [0.2, 0.25) is 0 Å². The summed E-state index contributed by atoms with van der Waals surface area (Å²) in [4.78, 5) is 20.6. The number of nitrogens with zero attached hydrogens (tertiary/aromatic N) is 2. The first kappa shape index (κ1) is 13.4. The van der Waals surface area contributed by atoms with Gasteiger partial charge in [0.15, 0.2) is 0 Å². The van der Waals surface area contributed by atoms with Crippen molar-refractivity contribution in [2.24, 2.45) is 5.92 Å². The maximum atomic E-state index is 12.2. The predicted molar refractivity (Wildman–Crippen MR) is 75.0 cm³/mol. The lowest BCUT2D eigenvalue weighted by molar-refractivity contribution is 0.0949. The lowest BCUT2D eigenvalue weighted by atomic mass is 10.1. The Labute approximate surface area is 112 Å². The van der Waals surface area contributed by atoms with Crippen molar-refractivity contribution in [3.8, 4) is 0 Å². The Hall–Kier alpha value is -2.01. The summed E-state index contributed by atoms with van der Waals surface area (Å²) in [6.07, 6.45) is 3.22. The minimum absolute atomic E-state index is 0.103. The van der Waals surface area contributed by atoms with Crippen LogP contribution in [0, 0.1) is 5.92 Å². The Kier molecular flexibility index (Phi) is 4.41. The number of rotatable bonds is 5. The Morgan fingerprint density at radius 3 is 2.84 bits per heavy atom. The molecule has 0 fully saturated rings. The smallest absolute Gasteiger partial charge is 0.253 e. The van der Waals surface area contributed by atoms with Crippen LogP contribution in [0.3, 0.4) is 0 Å². The molecule has 2 N–H and O–H groups in total. The summed E-state index contributed by atoms with van der Waals surface area (Å²) in [7, 11) is 1.90. The molecule has 0 aliphatic carbocycles. The molecule has 1 atom stereocenters. The largest absolute Gasteiger partial charge is 0.352 e. The summed E-state index contributed by atoms with van der Waals surface area (Å²) in [5.74, 6) is 0.282. The Morgan fingerprint density at radius 1 is 1.26 bits per heavy atom. The highest BCUT2D eigenvalue weighted by Crippen LogP contribution is 2.13. The lowest BCUT2D eigenvalue weighted by Gasteiger charge is -2.12. The normalized spacial score (nSPS) is 12.3. The van der Waals surface area contributed by atoms with E-state index >= 15 is 0 Å². The van der Waals surface area contributed by atoms with Crippen LogP contribution < -0.4 is 10.6 Å². The molecule has 0 saturated carbocycles. The van der Waals surface area contributed by atoms with Crippen molar-refractivity contribution in [1.29, 1.82) is 0 Å². The van der Waals surface area contributed by atoms with E-state index in [-0.39, 0.29) is 5.91 Å². The zero-order valence-electron chi connectivity index (χ0n) is 11.2. The molecule has 1 heterocycles. The summed E-state index contributed by atoms with van der Waals surface area (Å²) >= 11 is 0. The summed E-state index contributed by atoms with van der Waals surface area (Å²) in [6, 6.07) is 5.45. The van der Waals surface area contributed by atoms with Gasteiger partial charge in [-0.3, -0.25) is 14.8 Å². The van der Waals surface area contributed by atoms with Gasteiger partial charge in [0.05, 0.1) is 11.1 Å². The third-order valence-electron chi connectivity index (χ3n) is 2.91. The van der Waals surface area contributed by atoms with Gasteiger partial charge in [-0.1, -0.05) is 13.0 Å². The second-order valence-corrected chi connectivity index (χ2v) is 4.60. The minimum Gasteiger partial charge on any atom is -0.352 e. The number of benzene rings is 1. The van der Waals surface area contributed by atoms with E-state index in [1.54, 1.807) is 18.5 Å². The van der Waals surface area contributed by atoms with Crippen molar-refractivity contribution in [2.45, 2.75) is 6.92 Å². The van der Waals surface area contributed by atoms with Crippen LogP contribution >= 0.6 is 0 Å². The number of carbonyl (C=O) groups is 1. The van der Waals surface area contributed by atoms with E-state index in [2.05, 4.69) is 27.5 Å². The van der Waals surface area contributed by atoms with Crippen LogP contribution in [0.15, 0.2) is 30.6 Å². The predicted octanol–water partition coefficient (Wildman–Crippen LogP) is 1.22. The molecule has 1 aromatic carbocycles. The zero-order valence-corrected chi connectivity index (χ0v) is 11.2. The van der Waals surface area contributed by atoms with E-state index in [0.717, 1.165) is 12.1 Å². The minimum atomic E-state index is -0.103. The van der Waals surface area contributed by atoms with Gasteiger partial charge in [0.2, 0.25) is 0 Å². The molecule has 0 aliphatic rings. The third kappa shape index (κ3) is 3.26. The molecule has 0 aliphatic heterocycles. The molecule has 1 aromatic heterocycles. The number of hydrogen-bond acceptors (Lipinski definition) is 4. The Morgan fingerprint density at radius 2 is 2.05 bits per heavy atom. The summed E-state index contributed by atoms with van der Waals surface area (Å²) in [6.45, 7) is 3.59. The summed E-state index contributed by atoms with van der Waals surface area (Å²) in [5, 5.41) is 6.02. The standard InChI is InChI=1S/C14H18N4O/c1-10(8-15-2)9-18-14(19)11-4-3-5-12-13(11)17-7-6-16-12/h3-7,10,15H,8-9H2,1-2H3,(H,18,19). The van der Waals surface area contributed by atoms with E-state index in [9.17, 15) is 4.79 Å². The van der Waals surface area contributed by atoms with Crippen molar-refractivity contribution >= 4 is 16.9 Å². The van der Waals surface area contributed by atoms with Crippen molar-refractivity contribution in [2.75, 3.05) is 20.1 Å². The maximum absolute atomic E-state index is 12.2. The zero-order chi connectivity index (χ0) is 13.7.